The van der Waals surface area contributed by atoms with E-state index in [1.54, 1.807) is 13.4 Å². The molecule has 2 nitrogen and oxygen atoms in total. The maximum Gasteiger partial charge on any atom is 0.0814 e. The predicted octanol–water partition coefficient (Wildman–Crippen LogP) is 2.11. The molecule has 0 aromatic heterocycles. The zero-order valence-electron chi connectivity index (χ0n) is 7.30. The standard InChI is InChI=1S/C9H16O2/c1-8(7-10-2)6-9-4-3-5-11-9/h7,9H,3-6H2,1-2H3/b8-7+. The first kappa shape index (κ1) is 8.60. The lowest BCUT2D eigenvalue weighted by molar-refractivity contribution is 0.110. The summed E-state index contributed by atoms with van der Waals surface area (Å²) >= 11 is 0. The van der Waals surface area contributed by atoms with Crippen molar-refractivity contribution >= 4 is 0 Å². The molecule has 2 heteroatoms. The Kier molecular flexibility index (Phi) is 3.43. The molecular weight excluding hydrogens is 140 g/mol. The SMILES string of the molecule is CO/C=C(\C)CC1CCCO1. The molecule has 0 aromatic carbocycles. The lowest BCUT2D eigenvalue weighted by Gasteiger charge is -2.08. The second-order valence-electron chi connectivity index (χ2n) is 3.04. The van der Waals surface area contributed by atoms with E-state index in [0.717, 1.165) is 13.0 Å². The summed E-state index contributed by atoms with van der Waals surface area (Å²) in [5.41, 5.74) is 1.26. The first-order valence-electron chi connectivity index (χ1n) is 4.13. The van der Waals surface area contributed by atoms with Crippen LogP contribution in [0.3, 0.4) is 0 Å². The first-order valence-corrected chi connectivity index (χ1v) is 4.13. The van der Waals surface area contributed by atoms with Crippen LogP contribution in [0.25, 0.3) is 0 Å². The number of ether oxygens (including phenoxy) is 2. The van der Waals surface area contributed by atoms with Crippen LogP contribution in [0.15, 0.2) is 11.8 Å². The van der Waals surface area contributed by atoms with Crippen molar-refractivity contribution < 1.29 is 9.47 Å². The Morgan fingerprint density at radius 2 is 2.55 bits per heavy atom. The Morgan fingerprint density at radius 3 is 3.09 bits per heavy atom. The van der Waals surface area contributed by atoms with E-state index in [2.05, 4.69) is 6.92 Å². The van der Waals surface area contributed by atoms with Gasteiger partial charge in [0.2, 0.25) is 0 Å². The molecule has 1 rings (SSSR count). The molecule has 1 aliphatic rings. The average molecular weight is 156 g/mol. The molecule has 0 aliphatic carbocycles. The van der Waals surface area contributed by atoms with Crippen LogP contribution < -0.4 is 0 Å². The molecule has 0 radical (unpaired) electrons. The van der Waals surface area contributed by atoms with E-state index in [4.69, 9.17) is 9.47 Å². The average Bonchev–Trinajstić information content (AvgIpc) is 2.40. The smallest absolute Gasteiger partial charge is 0.0814 e. The highest BCUT2D eigenvalue weighted by Gasteiger charge is 2.15. The molecule has 1 aliphatic heterocycles. The molecule has 11 heavy (non-hydrogen) atoms. The quantitative estimate of drug-likeness (QED) is 0.582. The molecule has 0 bridgehead atoms. The summed E-state index contributed by atoms with van der Waals surface area (Å²) < 4.78 is 10.4. The van der Waals surface area contributed by atoms with Crippen LogP contribution in [-0.4, -0.2) is 19.8 Å². The van der Waals surface area contributed by atoms with E-state index < -0.39 is 0 Å². The van der Waals surface area contributed by atoms with Gasteiger partial charge in [0.15, 0.2) is 0 Å². The van der Waals surface area contributed by atoms with Crippen LogP contribution in [0.1, 0.15) is 26.2 Å². The highest BCUT2D eigenvalue weighted by molar-refractivity contribution is 4.95. The summed E-state index contributed by atoms with van der Waals surface area (Å²) in [6, 6.07) is 0. The predicted molar refractivity (Wildman–Crippen MR) is 44.4 cm³/mol. The van der Waals surface area contributed by atoms with E-state index in [-0.39, 0.29) is 0 Å². The first-order chi connectivity index (χ1) is 5.33. The lowest BCUT2D eigenvalue weighted by Crippen LogP contribution is -2.04. The Balaban J connectivity index is 2.23. The maximum absolute atomic E-state index is 5.47. The minimum absolute atomic E-state index is 0.446. The van der Waals surface area contributed by atoms with Gasteiger partial charge in [0, 0.05) is 6.61 Å². The number of methoxy groups -OCH3 is 1. The van der Waals surface area contributed by atoms with Gasteiger partial charge in [-0.25, -0.2) is 0 Å². The van der Waals surface area contributed by atoms with Gasteiger partial charge in [0.25, 0.3) is 0 Å². The molecule has 64 valence electrons. The van der Waals surface area contributed by atoms with Gasteiger partial charge >= 0.3 is 0 Å². The largest absolute Gasteiger partial charge is 0.504 e. The van der Waals surface area contributed by atoms with Gasteiger partial charge in [-0.15, -0.1) is 0 Å². The van der Waals surface area contributed by atoms with Gasteiger partial charge in [0.05, 0.1) is 19.5 Å². The van der Waals surface area contributed by atoms with Crippen LogP contribution in [0.2, 0.25) is 0 Å². The van der Waals surface area contributed by atoms with Crippen molar-refractivity contribution in [1.82, 2.24) is 0 Å². The van der Waals surface area contributed by atoms with E-state index in [1.165, 1.54) is 18.4 Å². The van der Waals surface area contributed by atoms with Crippen molar-refractivity contribution in [2.75, 3.05) is 13.7 Å². The minimum atomic E-state index is 0.446. The van der Waals surface area contributed by atoms with Crippen molar-refractivity contribution in [3.63, 3.8) is 0 Å². The zero-order valence-corrected chi connectivity index (χ0v) is 7.30. The van der Waals surface area contributed by atoms with E-state index in [0.29, 0.717) is 6.10 Å². The summed E-state index contributed by atoms with van der Waals surface area (Å²) in [6.07, 6.45) is 5.68. The molecule has 0 aromatic rings. The molecule has 1 saturated heterocycles. The Hall–Kier alpha value is -0.500. The van der Waals surface area contributed by atoms with Crippen molar-refractivity contribution in [1.29, 1.82) is 0 Å². The summed E-state index contributed by atoms with van der Waals surface area (Å²) in [6.45, 7) is 3.01. The van der Waals surface area contributed by atoms with E-state index in [9.17, 15) is 0 Å². The van der Waals surface area contributed by atoms with Gasteiger partial charge in [-0.3, -0.25) is 0 Å². The van der Waals surface area contributed by atoms with Crippen molar-refractivity contribution in [2.24, 2.45) is 0 Å². The van der Waals surface area contributed by atoms with Crippen LogP contribution in [-0.2, 0) is 9.47 Å². The monoisotopic (exact) mass is 156 g/mol. The molecular formula is C9H16O2. The topological polar surface area (TPSA) is 18.5 Å². The Morgan fingerprint density at radius 1 is 1.73 bits per heavy atom. The summed E-state index contributed by atoms with van der Waals surface area (Å²) in [7, 11) is 1.68. The highest BCUT2D eigenvalue weighted by atomic mass is 16.5. The van der Waals surface area contributed by atoms with E-state index in [1.807, 2.05) is 0 Å². The third kappa shape index (κ3) is 2.93. The summed E-state index contributed by atoms with van der Waals surface area (Å²) in [5.74, 6) is 0. The minimum Gasteiger partial charge on any atom is -0.504 e. The van der Waals surface area contributed by atoms with Crippen LogP contribution in [0.5, 0.6) is 0 Å². The van der Waals surface area contributed by atoms with Crippen LogP contribution >= 0.6 is 0 Å². The van der Waals surface area contributed by atoms with Gasteiger partial charge in [-0.05, 0) is 31.8 Å². The van der Waals surface area contributed by atoms with Crippen molar-refractivity contribution in [2.45, 2.75) is 32.3 Å². The zero-order chi connectivity index (χ0) is 8.10. The number of rotatable bonds is 3. The Labute approximate surface area is 68.2 Å². The molecule has 1 heterocycles. The third-order valence-electron chi connectivity index (χ3n) is 1.89. The normalized spacial score (nSPS) is 25.6. The molecule has 0 saturated carbocycles. The van der Waals surface area contributed by atoms with Crippen molar-refractivity contribution in [3.8, 4) is 0 Å². The van der Waals surface area contributed by atoms with E-state index >= 15 is 0 Å². The fourth-order valence-electron chi connectivity index (χ4n) is 1.41. The third-order valence-corrected chi connectivity index (χ3v) is 1.89. The van der Waals surface area contributed by atoms with Crippen LogP contribution in [0.4, 0.5) is 0 Å². The van der Waals surface area contributed by atoms with Crippen molar-refractivity contribution in [3.05, 3.63) is 11.8 Å². The second-order valence-corrected chi connectivity index (χ2v) is 3.04. The number of hydrogen-bond acceptors (Lipinski definition) is 2. The highest BCUT2D eigenvalue weighted by Crippen LogP contribution is 2.18. The summed E-state index contributed by atoms with van der Waals surface area (Å²) in [5, 5.41) is 0. The fraction of sp³-hybridized carbons (Fsp3) is 0.778. The molecule has 0 amide bonds. The van der Waals surface area contributed by atoms with Crippen LogP contribution in [0, 0.1) is 0 Å². The molecule has 1 unspecified atom stereocenters. The lowest BCUT2D eigenvalue weighted by atomic mass is 10.1. The second kappa shape index (κ2) is 4.39. The summed E-state index contributed by atoms with van der Waals surface area (Å²) in [4.78, 5) is 0. The maximum atomic E-state index is 5.47. The Bertz CT molecular complexity index is 134. The fourth-order valence-corrected chi connectivity index (χ4v) is 1.41. The number of hydrogen-bond donors (Lipinski definition) is 0. The molecule has 0 spiro atoms. The van der Waals surface area contributed by atoms with Gasteiger partial charge in [-0.1, -0.05) is 0 Å². The molecule has 1 fully saturated rings. The van der Waals surface area contributed by atoms with Gasteiger partial charge in [0.1, 0.15) is 0 Å². The van der Waals surface area contributed by atoms with Gasteiger partial charge in [-0.2, -0.15) is 0 Å². The van der Waals surface area contributed by atoms with Gasteiger partial charge < -0.3 is 9.47 Å². The molecule has 0 N–H and O–H groups in total. The molecule has 1 atom stereocenters.